The van der Waals surface area contributed by atoms with Gasteiger partial charge in [0.25, 0.3) is 0 Å². The molecule has 0 bridgehead atoms. The summed E-state index contributed by atoms with van der Waals surface area (Å²) in [6.45, 7) is 0.766. The minimum absolute atomic E-state index is 0.0102. The molecule has 1 aromatic carbocycles. The summed E-state index contributed by atoms with van der Waals surface area (Å²) in [5.74, 6) is 0. The first-order valence-corrected chi connectivity index (χ1v) is 9.61. The van der Waals surface area contributed by atoms with Crippen LogP contribution in [-0.2, 0) is 10.0 Å². The van der Waals surface area contributed by atoms with Gasteiger partial charge in [-0.2, -0.15) is 4.31 Å². The molecular formula is C17H18N4O3S. The number of hydrogen-bond donors (Lipinski definition) is 1. The number of rotatable bonds is 3. The molecule has 0 radical (unpaired) electrons. The van der Waals surface area contributed by atoms with Gasteiger partial charge in [-0.15, -0.1) is 0 Å². The van der Waals surface area contributed by atoms with Gasteiger partial charge in [-0.05, 0) is 37.1 Å². The second kappa shape index (κ2) is 6.12. The number of benzene rings is 1. The Hall–Kier alpha value is -2.45. The predicted octanol–water partition coefficient (Wildman–Crippen LogP) is 1.75. The molecule has 25 heavy (non-hydrogen) atoms. The van der Waals surface area contributed by atoms with E-state index < -0.39 is 10.0 Å². The Morgan fingerprint density at radius 1 is 1.08 bits per heavy atom. The molecule has 0 saturated carbocycles. The second-order valence-electron chi connectivity index (χ2n) is 6.14. The number of sulfonamides is 1. The number of hydrogen-bond acceptors (Lipinski definition) is 4. The number of aromatic amines is 1. The zero-order valence-corrected chi connectivity index (χ0v) is 14.3. The number of aromatic nitrogens is 3. The minimum Gasteiger partial charge on any atom is -0.306 e. The summed E-state index contributed by atoms with van der Waals surface area (Å²) in [5.41, 5.74) is 1.52. The number of imidazole rings is 1. The quantitative estimate of drug-likeness (QED) is 0.773. The molecule has 130 valence electrons. The molecule has 0 atom stereocenters. The molecule has 3 heterocycles. The summed E-state index contributed by atoms with van der Waals surface area (Å²) in [7, 11) is -3.53. The third kappa shape index (κ3) is 2.77. The molecule has 8 heteroatoms. The van der Waals surface area contributed by atoms with Gasteiger partial charge in [0, 0.05) is 31.5 Å². The summed E-state index contributed by atoms with van der Waals surface area (Å²) in [4.78, 5) is 19.3. The van der Waals surface area contributed by atoms with Crippen molar-refractivity contribution in [1.29, 1.82) is 0 Å². The molecule has 0 spiro atoms. The molecule has 3 aromatic rings. The van der Waals surface area contributed by atoms with Crippen LogP contribution in [0.15, 0.2) is 58.5 Å². The van der Waals surface area contributed by atoms with E-state index in [4.69, 9.17) is 0 Å². The molecule has 1 aliphatic rings. The number of nitrogens with one attached hydrogen (secondary N) is 1. The van der Waals surface area contributed by atoms with E-state index in [1.54, 1.807) is 22.9 Å². The molecular weight excluding hydrogens is 340 g/mol. The predicted molar refractivity (Wildman–Crippen MR) is 93.8 cm³/mol. The van der Waals surface area contributed by atoms with Crippen molar-refractivity contribution in [2.75, 3.05) is 13.1 Å². The van der Waals surface area contributed by atoms with Gasteiger partial charge >= 0.3 is 5.69 Å². The number of piperidine rings is 1. The Kier molecular flexibility index (Phi) is 3.93. The molecule has 0 amide bonds. The Morgan fingerprint density at radius 2 is 1.84 bits per heavy atom. The molecule has 1 saturated heterocycles. The summed E-state index contributed by atoms with van der Waals surface area (Å²) >= 11 is 0. The van der Waals surface area contributed by atoms with Gasteiger partial charge in [0.15, 0.2) is 0 Å². The highest BCUT2D eigenvalue weighted by molar-refractivity contribution is 7.89. The van der Waals surface area contributed by atoms with Gasteiger partial charge < -0.3 is 4.98 Å². The average molecular weight is 358 g/mol. The largest absolute Gasteiger partial charge is 0.326 e. The van der Waals surface area contributed by atoms with E-state index >= 15 is 0 Å². The highest BCUT2D eigenvalue weighted by Crippen LogP contribution is 2.27. The van der Waals surface area contributed by atoms with Crippen molar-refractivity contribution in [2.24, 2.45) is 0 Å². The van der Waals surface area contributed by atoms with Crippen molar-refractivity contribution < 1.29 is 8.42 Å². The lowest BCUT2D eigenvalue weighted by atomic mass is 10.1. The van der Waals surface area contributed by atoms with Crippen LogP contribution in [0.1, 0.15) is 18.9 Å². The maximum Gasteiger partial charge on any atom is 0.326 e. The van der Waals surface area contributed by atoms with E-state index in [9.17, 15) is 13.2 Å². The zero-order chi connectivity index (χ0) is 17.4. The highest BCUT2D eigenvalue weighted by Gasteiger charge is 2.31. The molecule has 1 N–H and O–H groups in total. The van der Waals surface area contributed by atoms with E-state index in [-0.39, 0.29) is 16.6 Å². The summed E-state index contributed by atoms with van der Waals surface area (Å²) < 4.78 is 28.6. The summed E-state index contributed by atoms with van der Waals surface area (Å²) in [6.07, 6.45) is 4.11. The van der Waals surface area contributed by atoms with Crippen LogP contribution in [0.5, 0.6) is 0 Å². The monoisotopic (exact) mass is 358 g/mol. The van der Waals surface area contributed by atoms with Gasteiger partial charge in [0.05, 0.1) is 11.0 Å². The first-order chi connectivity index (χ1) is 12.1. The minimum atomic E-state index is -3.53. The molecule has 4 rings (SSSR count). The van der Waals surface area contributed by atoms with Crippen molar-refractivity contribution in [3.63, 3.8) is 0 Å². The Labute approximate surface area is 145 Å². The van der Waals surface area contributed by atoms with Gasteiger partial charge in [-0.25, -0.2) is 13.2 Å². The Balaban J connectivity index is 1.58. The average Bonchev–Trinajstić information content (AvgIpc) is 2.98. The van der Waals surface area contributed by atoms with Crippen LogP contribution in [0.4, 0.5) is 0 Å². The fourth-order valence-electron chi connectivity index (χ4n) is 3.43. The van der Waals surface area contributed by atoms with Crippen molar-refractivity contribution in [3.05, 3.63) is 59.3 Å². The van der Waals surface area contributed by atoms with Crippen LogP contribution in [0.2, 0.25) is 0 Å². The molecule has 1 fully saturated rings. The molecule has 2 aromatic heterocycles. The second-order valence-corrected chi connectivity index (χ2v) is 8.08. The van der Waals surface area contributed by atoms with Crippen LogP contribution < -0.4 is 5.69 Å². The molecule has 7 nitrogen and oxygen atoms in total. The SMILES string of the molecule is O=c1[nH]c2ccccc2n1C1CCN(S(=O)(=O)c2cccnc2)CC1. The first-order valence-electron chi connectivity index (χ1n) is 8.17. The van der Waals surface area contributed by atoms with E-state index in [1.165, 1.54) is 10.5 Å². The van der Waals surface area contributed by atoms with Crippen LogP contribution >= 0.6 is 0 Å². The maximum absolute atomic E-state index is 12.7. The number of pyridine rings is 1. The van der Waals surface area contributed by atoms with Gasteiger partial charge in [0.2, 0.25) is 10.0 Å². The molecule has 0 unspecified atom stereocenters. The van der Waals surface area contributed by atoms with Gasteiger partial charge in [-0.1, -0.05) is 12.1 Å². The first kappa shape index (κ1) is 16.0. The molecule has 0 aliphatic carbocycles. The topological polar surface area (TPSA) is 88.1 Å². The third-order valence-electron chi connectivity index (χ3n) is 4.68. The van der Waals surface area contributed by atoms with E-state index in [1.807, 2.05) is 24.3 Å². The lowest BCUT2D eigenvalue weighted by Gasteiger charge is -2.31. The molecule has 1 aliphatic heterocycles. The van der Waals surface area contributed by atoms with Crippen molar-refractivity contribution in [1.82, 2.24) is 18.8 Å². The van der Waals surface area contributed by atoms with Crippen molar-refractivity contribution >= 4 is 21.1 Å². The number of para-hydroxylation sites is 2. The Bertz CT molecular complexity index is 1050. The van der Waals surface area contributed by atoms with Crippen molar-refractivity contribution in [3.8, 4) is 0 Å². The maximum atomic E-state index is 12.7. The number of fused-ring (bicyclic) bond motifs is 1. The van der Waals surface area contributed by atoms with Gasteiger partial charge in [0.1, 0.15) is 4.90 Å². The number of H-pyrrole nitrogens is 1. The Morgan fingerprint density at radius 3 is 2.56 bits per heavy atom. The smallest absolute Gasteiger partial charge is 0.306 e. The summed E-state index contributed by atoms with van der Waals surface area (Å²) in [6, 6.07) is 10.7. The van der Waals surface area contributed by atoms with Crippen molar-refractivity contribution in [2.45, 2.75) is 23.8 Å². The lowest BCUT2D eigenvalue weighted by molar-refractivity contribution is 0.274. The normalized spacial score (nSPS) is 17.1. The van der Waals surface area contributed by atoms with Crippen LogP contribution in [-0.4, -0.2) is 40.3 Å². The lowest BCUT2D eigenvalue weighted by Crippen LogP contribution is -2.40. The standard InChI is InChI=1S/C17H18N4O3S/c22-17-19-15-5-1-2-6-16(15)21(17)13-7-10-20(11-8-13)25(23,24)14-4-3-9-18-12-14/h1-6,9,12-13H,7-8,10-11H2,(H,19,22). The zero-order valence-electron chi connectivity index (χ0n) is 13.5. The van der Waals surface area contributed by atoms with E-state index in [2.05, 4.69) is 9.97 Å². The fraction of sp³-hybridized carbons (Fsp3) is 0.294. The third-order valence-corrected chi connectivity index (χ3v) is 6.57. The number of nitrogens with zero attached hydrogens (tertiary/aromatic N) is 3. The van der Waals surface area contributed by atoms with E-state index in [0.717, 1.165) is 11.0 Å². The fourth-order valence-corrected chi connectivity index (χ4v) is 4.86. The van der Waals surface area contributed by atoms with Crippen LogP contribution in [0, 0.1) is 0 Å². The highest BCUT2D eigenvalue weighted by atomic mass is 32.2. The van der Waals surface area contributed by atoms with Gasteiger partial charge in [-0.3, -0.25) is 9.55 Å². The van der Waals surface area contributed by atoms with Crippen LogP contribution in [0.3, 0.4) is 0 Å². The van der Waals surface area contributed by atoms with E-state index in [0.29, 0.717) is 25.9 Å². The summed E-state index contributed by atoms with van der Waals surface area (Å²) in [5, 5.41) is 0. The van der Waals surface area contributed by atoms with Crippen LogP contribution in [0.25, 0.3) is 11.0 Å².